The van der Waals surface area contributed by atoms with Crippen molar-refractivity contribution in [2.45, 2.75) is 51.5 Å². The van der Waals surface area contributed by atoms with Crippen LogP contribution in [0.3, 0.4) is 0 Å². The fourth-order valence-corrected chi connectivity index (χ4v) is 3.61. The lowest BCUT2D eigenvalue weighted by Gasteiger charge is -2.38. The average molecular weight is 309 g/mol. The van der Waals surface area contributed by atoms with Crippen molar-refractivity contribution in [1.82, 2.24) is 5.32 Å². The van der Waals surface area contributed by atoms with Crippen LogP contribution in [0.2, 0.25) is 0 Å². The second-order valence-electron chi connectivity index (χ2n) is 5.82. The second kappa shape index (κ2) is 6.47. The average Bonchev–Trinajstić information content (AvgIpc) is 2.98. The Morgan fingerprint density at radius 3 is 2.71 bits per heavy atom. The molecule has 0 radical (unpaired) electrons. The highest BCUT2D eigenvalue weighted by molar-refractivity contribution is 7.14. The summed E-state index contributed by atoms with van der Waals surface area (Å²) >= 11 is 1.49. The monoisotopic (exact) mass is 309 g/mol. The van der Waals surface area contributed by atoms with Gasteiger partial charge < -0.3 is 16.3 Å². The van der Waals surface area contributed by atoms with Crippen molar-refractivity contribution in [1.29, 1.82) is 0 Å². The quantitative estimate of drug-likeness (QED) is 0.346. The minimum absolute atomic E-state index is 0.107. The number of carbonyl (C=O) groups is 1. The lowest BCUT2D eigenvalue weighted by molar-refractivity contribution is 0.0901. The third-order valence-electron chi connectivity index (χ3n) is 4.31. The fraction of sp³-hybridized carbons (Fsp3) is 0.600. The molecule has 1 aromatic heterocycles. The summed E-state index contributed by atoms with van der Waals surface area (Å²) in [7, 11) is 0. The Labute approximate surface area is 129 Å². The fourth-order valence-electron chi connectivity index (χ4n) is 2.76. The molecule has 2 rings (SSSR count). The number of rotatable bonds is 4. The molecule has 0 spiro atoms. The van der Waals surface area contributed by atoms with Gasteiger partial charge in [0.05, 0.1) is 4.88 Å². The van der Waals surface area contributed by atoms with Gasteiger partial charge in [0.15, 0.2) is 5.84 Å². The summed E-state index contributed by atoms with van der Waals surface area (Å²) in [6.45, 7) is 4.25. The number of hydrogen-bond acceptors (Lipinski definition) is 4. The molecule has 1 aliphatic rings. The third kappa shape index (κ3) is 3.37. The van der Waals surface area contributed by atoms with Gasteiger partial charge in [-0.05, 0) is 50.2 Å². The Bertz CT molecular complexity index is 531. The Morgan fingerprint density at radius 2 is 2.19 bits per heavy atom. The number of thiophene rings is 1. The lowest BCUT2D eigenvalue weighted by atomic mass is 9.76. The van der Waals surface area contributed by atoms with E-state index in [2.05, 4.69) is 24.3 Å². The smallest absolute Gasteiger partial charge is 0.262 e. The van der Waals surface area contributed by atoms with Gasteiger partial charge in [0.2, 0.25) is 0 Å². The highest BCUT2D eigenvalue weighted by Crippen LogP contribution is 2.32. The molecule has 0 aliphatic heterocycles. The molecule has 6 heteroatoms. The van der Waals surface area contributed by atoms with Crippen LogP contribution < -0.4 is 11.1 Å². The van der Waals surface area contributed by atoms with E-state index in [4.69, 9.17) is 10.9 Å². The van der Waals surface area contributed by atoms with Gasteiger partial charge >= 0.3 is 0 Å². The van der Waals surface area contributed by atoms with E-state index < -0.39 is 5.54 Å². The molecule has 1 heterocycles. The van der Waals surface area contributed by atoms with Crippen LogP contribution in [0.1, 0.15) is 54.1 Å². The van der Waals surface area contributed by atoms with E-state index in [1.54, 1.807) is 0 Å². The maximum atomic E-state index is 12.5. The van der Waals surface area contributed by atoms with E-state index in [9.17, 15) is 4.79 Å². The van der Waals surface area contributed by atoms with Gasteiger partial charge in [0, 0.05) is 4.88 Å². The molecule has 1 amide bonds. The molecule has 0 aromatic carbocycles. The van der Waals surface area contributed by atoms with Gasteiger partial charge in [-0.1, -0.05) is 19.0 Å². The maximum absolute atomic E-state index is 12.5. The normalized spacial score (nSPS) is 26.6. The maximum Gasteiger partial charge on any atom is 0.262 e. The van der Waals surface area contributed by atoms with Crippen LogP contribution >= 0.6 is 11.3 Å². The van der Waals surface area contributed by atoms with E-state index >= 15 is 0 Å². The van der Waals surface area contributed by atoms with Crippen LogP contribution in [0.4, 0.5) is 0 Å². The number of amidine groups is 1. The SMILES string of the molecule is CCc1ccc(C(=O)NC2(C(N)=NO)CCC(C)CC2)s1. The van der Waals surface area contributed by atoms with Gasteiger partial charge in [0.1, 0.15) is 5.54 Å². The molecule has 0 unspecified atom stereocenters. The highest BCUT2D eigenvalue weighted by Gasteiger charge is 2.40. The van der Waals surface area contributed by atoms with Crippen LogP contribution in [0.15, 0.2) is 17.3 Å². The number of aryl methyl sites for hydroxylation is 1. The summed E-state index contributed by atoms with van der Waals surface area (Å²) in [5.74, 6) is 0.575. The molecular formula is C15H23N3O2S. The van der Waals surface area contributed by atoms with E-state index in [1.165, 1.54) is 16.2 Å². The first-order chi connectivity index (χ1) is 10.0. The standard InChI is InChI=1S/C15H23N3O2S/c1-3-11-4-5-12(21-11)13(19)17-15(14(16)18-20)8-6-10(2)7-9-15/h4-5,10,20H,3,6-9H2,1-2H3,(H2,16,18)(H,17,19). The second-order valence-corrected chi connectivity index (χ2v) is 6.99. The molecule has 5 nitrogen and oxygen atoms in total. The minimum Gasteiger partial charge on any atom is -0.409 e. The van der Waals surface area contributed by atoms with E-state index in [1.807, 2.05) is 12.1 Å². The number of oxime groups is 1. The topological polar surface area (TPSA) is 87.7 Å². The molecule has 21 heavy (non-hydrogen) atoms. The van der Waals surface area contributed by atoms with Gasteiger partial charge in [-0.15, -0.1) is 11.3 Å². The first-order valence-electron chi connectivity index (χ1n) is 7.40. The largest absolute Gasteiger partial charge is 0.409 e. The molecule has 0 bridgehead atoms. The van der Waals surface area contributed by atoms with Crippen LogP contribution in [0.25, 0.3) is 0 Å². The predicted molar refractivity (Wildman–Crippen MR) is 84.9 cm³/mol. The molecule has 1 aliphatic carbocycles. The Balaban J connectivity index is 2.17. The Hall–Kier alpha value is -1.56. The third-order valence-corrected chi connectivity index (χ3v) is 5.54. The number of amides is 1. The molecule has 0 atom stereocenters. The van der Waals surface area contributed by atoms with Crippen molar-refractivity contribution in [2.75, 3.05) is 0 Å². The van der Waals surface area contributed by atoms with E-state index in [0.717, 1.165) is 19.3 Å². The van der Waals surface area contributed by atoms with Crippen molar-refractivity contribution in [3.05, 3.63) is 21.9 Å². The zero-order chi connectivity index (χ0) is 15.5. The van der Waals surface area contributed by atoms with Crippen molar-refractivity contribution in [3.8, 4) is 0 Å². The molecule has 1 saturated carbocycles. The zero-order valence-corrected chi connectivity index (χ0v) is 13.4. The van der Waals surface area contributed by atoms with Gasteiger partial charge in [-0.25, -0.2) is 0 Å². The lowest BCUT2D eigenvalue weighted by Crippen LogP contribution is -2.59. The van der Waals surface area contributed by atoms with Gasteiger partial charge in [0.25, 0.3) is 5.91 Å². The van der Waals surface area contributed by atoms with Gasteiger partial charge in [-0.2, -0.15) is 0 Å². The van der Waals surface area contributed by atoms with Crippen LogP contribution in [0, 0.1) is 5.92 Å². The number of carbonyl (C=O) groups excluding carboxylic acids is 1. The molecule has 116 valence electrons. The summed E-state index contributed by atoms with van der Waals surface area (Å²) in [5, 5.41) is 15.2. The molecular weight excluding hydrogens is 286 g/mol. The van der Waals surface area contributed by atoms with Gasteiger partial charge in [-0.3, -0.25) is 4.79 Å². The first kappa shape index (κ1) is 15.8. The van der Waals surface area contributed by atoms with Crippen molar-refractivity contribution < 1.29 is 10.0 Å². The molecule has 1 aromatic rings. The molecule has 1 fully saturated rings. The molecule has 4 N–H and O–H groups in total. The Kier molecular flexibility index (Phi) is 4.88. The summed E-state index contributed by atoms with van der Waals surface area (Å²) in [5.41, 5.74) is 5.16. The molecule has 0 saturated heterocycles. The number of nitrogens with zero attached hydrogens (tertiary/aromatic N) is 1. The number of hydrogen-bond donors (Lipinski definition) is 3. The number of nitrogens with two attached hydrogens (primary N) is 1. The first-order valence-corrected chi connectivity index (χ1v) is 8.21. The van der Waals surface area contributed by atoms with Crippen LogP contribution in [0.5, 0.6) is 0 Å². The van der Waals surface area contributed by atoms with Crippen LogP contribution in [-0.4, -0.2) is 22.5 Å². The summed E-state index contributed by atoms with van der Waals surface area (Å²) in [6, 6.07) is 3.81. The summed E-state index contributed by atoms with van der Waals surface area (Å²) < 4.78 is 0. The van der Waals surface area contributed by atoms with Crippen LogP contribution in [-0.2, 0) is 6.42 Å². The summed E-state index contributed by atoms with van der Waals surface area (Å²) in [4.78, 5) is 14.3. The zero-order valence-electron chi connectivity index (χ0n) is 12.6. The van der Waals surface area contributed by atoms with Crippen molar-refractivity contribution >= 4 is 23.1 Å². The minimum atomic E-state index is -0.714. The van der Waals surface area contributed by atoms with E-state index in [0.29, 0.717) is 23.6 Å². The predicted octanol–water partition coefficient (Wildman–Crippen LogP) is 2.74. The van der Waals surface area contributed by atoms with Crippen molar-refractivity contribution in [2.24, 2.45) is 16.8 Å². The number of nitrogens with one attached hydrogen (secondary N) is 1. The van der Waals surface area contributed by atoms with Crippen molar-refractivity contribution in [3.63, 3.8) is 0 Å². The summed E-state index contributed by atoms with van der Waals surface area (Å²) in [6.07, 6.45) is 4.26. The van der Waals surface area contributed by atoms with E-state index in [-0.39, 0.29) is 11.7 Å². The highest BCUT2D eigenvalue weighted by atomic mass is 32.1. The Morgan fingerprint density at radius 1 is 1.52 bits per heavy atom.